The van der Waals surface area contributed by atoms with Crippen LogP contribution in [0.2, 0.25) is 0 Å². The third-order valence-corrected chi connectivity index (χ3v) is 2.57. The fraction of sp³-hybridized carbons (Fsp3) is 0.143. The predicted molar refractivity (Wildman–Crippen MR) is 73.4 cm³/mol. The Morgan fingerprint density at radius 3 is 2.95 bits per heavy atom. The SMILES string of the molecule is CCOC(=O)N/N=C/c1ccc2ccccc2c1O. The third-order valence-electron chi connectivity index (χ3n) is 2.57. The maximum absolute atomic E-state index is 11.0. The Balaban J connectivity index is 2.19. The number of hydrogen-bond donors (Lipinski definition) is 2. The predicted octanol–water partition coefficient (Wildman–Crippen LogP) is 2.63. The van der Waals surface area contributed by atoms with E-state index < -0.39 is 6.09 Å². The summed E-state index contributed by atoms with van der Waals surface area (Å²) in [6.45, 7) is 1.99. The van der Waals surface area contributed by atoms with E-state index >= 15 is 0 Å². The average molecular weight is 258 g/mol. The molecule has 0 saturated heterocycles. The lowest BCUT2D eigenvalue weighted by atomic mass is 10.1. The molecule has 0 fully saturated rings. The molecule has 2 aromatic rings. The van der Waals surface area contributed by atoms with Gasteiger partial charge in [0.15, 0.2) is 0 Å². The quantitative estimate of drug-likeness (QED) is 0.656. The highest BCUT2D eigenvalue weighted by atomic mass is 16.5. The number of aromatic hydroxyl groups is 1. The first-order chi connectivity index (χ1) is 9.22. The minimum atomic E-state index is -0.626. The summed E-state index contributed by atoms with van der Waals surface area (Å²) < 4.78 is 4.65. The molecule has 0 bridgehead atoms. The number of hydrogen-bond acceptors (Lipinski definition) is 4. The number of fused-ring (bicyclic) bond motifs is 1. The van der Waals surface area contributed by atoms with Crippen molar-refractivity contribution in [3.05, 3.63) is 42.0 Å². The summed E-state index contributed by atoms with van der Waals surface area (Å²) in [6, 6.07) is 11.1. The zero-order chi connectivity index (χ0) is 13.7. The van der Waals surface area contributed by atoms with E-state index in [0.29, 0.717) is 5.56 Å². The maximum atomic E-state index is 11.0. The molecule has 0 aliphatic rings. The summed E-state index contributed by atoms with van der Waals surface area (Å²) in [5.74, 6) is 0.132. The van der Waals surface area contributed by atoms with E-state index in [4.69, 9.17) is 0 Å². The largest absolute Gasteiger partial charge is 0.507 e. The number of nitrogens with zero attached hydrogens (tertiary/aromatic N) is 1. The normalized spacial score (nSPS) is 10.8. The molecular weight excluding hydrogens is 244 g/mol. The fourth-order valence-corrected chi connectivity index (χ4v) is 1.69. The minimum Gasteiger partial charge on any atom is -0.507 e. The van der Waals surface area contributed by atoms with Crippen molar-refractivity contribution in [2.24, 2.45) is 5.10 Å². The van der Waals surface area contributed by atoms with Gasteiger partial charge in [-0.1, -0.05) is 30.3 Å². The van der Waals surface area contributed by atoms with Crippen molar-refractivity contribution in [2.75, 3.05) is 6.61 Å². The van der Waals surface area contributed by atoms with Gasteiger partial charge in [-0.05, 0) is 18.4 Å². The first-order valence-electron chi connectivity index (χ1n) is 5.89. The number of carbonyl (C=O) groups is 1. The lowest BCUT2D eigenvalue weighted by Crippen LogP contribution is -2.18. The molecule has 2 N–H and O–H groups in total. The van der Waals surface area contributed by atoms with Gasteiger partial charge < -0.3 is 9.84 Å². The highest BCUT2D eigenvalue weighted by Gasteiger charge is 2.04. The molecule has 0 atom stereocenters. The maximum Gasteiger partial charge on any atom is 0.427 e. The van der Waals surface area contributed by atoms with Crippen LogP contribution in [-0.4, -0.2) is 24.0 Å². The first-order valence-corrected chi connectivity index (χ1v) is 5.89. The van der Waals surface area contributed by atoms with Crippen LogP contribution in [0.3, 0.4) is 0 Å². The molecule has 0 spiro atoms. The van der Waals surface area contributed by atoms with Crippen LogP contribution in [-0.2, 0) is 4.74 Å². The van der Waals surface area contributed by atoms with Crippen molar-refractivity contribution in [1.29, 1.82) is 0 Å². The fourth-order valence-electron chi connectivity index (χ4n) is 1.69. The lowest BCUT2D eigenvalue weighted by Gasteiger charge is -2.04. The van der Waals surface area contributed by atoms with Crippen LogP contribution in [0.25, 0.3) is 10.8 Å². The molecule has 0 heterocycles. The van der Waals surface area contributed by atoms with E-state index in [2.05, 4.69) is 15.3 Å². The Morgan fingerprint density at radius 2 is 2.16 bits per heavy atom. The van der Waals surface area contributed by atoms with E-state index in [-0.39, 0.29) is 12.4 Å². The molecule has 5 heteroatoms. The Labute approximate surface area is 110 Å². The van der Waals surface area contributed by atoms with Crippen molar-refractivity contribution >= 4 is 23.1 Å². The molecule has 98 valence electrons. The second-order valence-corrected chi connectivity index (χ2v) is 3.82. The van der Waals surface area contributed by atoms with E-state index in [9.17, 15) is 9.90 Å². The lowest BCUT2D eigenvalue weighted by molar-refractivity contribution is 0.152. The van der Waals surface area contributed by atoms with Gasteiger partial charge in [0.25, 0.3) is 0 Å². The Hall–Kier alpha value is -2.56. The average Bonchev–Trinajstić information content (AvgIpc) is 2.42. The molecule has 5 nitrogen and oxygen atoms in total. The number of nitrogens with one attached hydrogen (secondary N) is 1. The zero-order valence-electron chi connectivity index (χ0n) is 10.5. The van der Waals surface area contributed by atoms with Gasteiger partial charge in [0.1, 0.15) is 5.75 Å². The van der Waals surface area contributed by atoms with Gasteiger partial charge in [-0.25, -0.2) is 10.2 Å². The first kappa shape index (κ1) is 12.9. The van der Waals surface area contributed by atoms with Crippen LogP contribution in [0, 0.1) is 0 Å². The Morgan fingerprint density at radius 1 is 1.37 bits per heavy atom. The topological polar surface area (TPSA) is 70.9 Å². The molecule has 0 aromatic heterocycles. The highest BCUT2D eigenvalue weighted by Crippen LogP contribution is 2.27. The standard InChI is InChI=1S/C14H14N2O3/c1-2-19-14(18)16-15-9-11-8-7-10-5-3-4-6-12(10)13(11)17/h3-9,17H,2H2,1H3,(H,16,18)/b15-9+. The number of hydrazone groups is 1. The summed E-state index contributed by atoms with van der Waals surface area (Å²) in [4.78, 5) is 11.0. The molecule has 2 rings (SSSR count). The van der Waals surface area contributed by atoms with E-state index in [1.807, 2.05) is 30.3 Å². The van der Waals surface area contributed by atoms with Crippen LogP contribution < -0.4 is 5.43 Å². The molecule has 0 unspecified atom stereocenters. The van der Waals surface area contributed by atoms with Crippen molar-refractivity contribution < 1.29 is 14.6 Å². The number of amides is 1. The van der Waals surface area contributed by atoms with Crippen LogP contribution in [0.5, 0.6) is 5.75 Å². The highest BCUT2D eigenvalue weighted by molar-refractivity contribution is 5.97. The monoisotopic (exact) mass is 258 g/mol. The van der Waals surface area contributed by atoms with Gasteiger partial charge in [-0.15, -0.1) is 0 Å². The summed E-state index contributed by atoms with van der Waals surface area (Å²) in [6.07, 6.45) is 0.748. The van der Waals surface area contributed by atoms with Gasteiger partial charge in [-0.2, -0.15) is 5.10 Å². The molecule has 1 amide bonds. The number of rotatable bonds is 3. The number of ether oxygens (including phenoxy) is 1. The number of benzene rings is 2. The number of phenolic OH excluding ortho intramolecular Hbond substituents is 1. The van der Waals surface area contributed by atoms with Gasteiger partial charge in [0, 0.05) is 10.9 Å². The van der Waals surface area contributed by atoms with Crippen LogP contribution in [0.4, 0.5) is 4.79 Å². The Kier molecular flexibility index (Phi) is 3.97. The number of phenols is 1. The van der Waals surface area contributed by atoms with Gasteiger partial charge in [0.2, 0.25) is 0 Å². The molecule has 19 heavy (non-hydrogen) atoms. The van der Waals surface area contributed by atoms with Gasteiger partial charge in [0.05, 0.1) is 12.8 Å². The second kappa shape index (κ2) is 5.86. The van der Waals surface area contributed by atoms with E-state index in [0.717, 1.165) is 10.8 Å². The van der Waals surface area contributed by atoms with E-state index in [1.54, 1.807) is 13.0 Å². The van der Waals surface area contributed by atoms with Crippen LogP contribution in [0.15, 0.2) is 41.5 Å². The summed E-state index contributed by atoms with van der Waals surface area (Å²) in [7, 11) is 0. The van der Waals surface area contributed by atoms with Gasteiger partial charge >= 0.3 is 6.09 Å². The zero-order valence-corrected chi connectivity index (χ0v) is 10.5. The van der Waals surface area contributed by atoms with Crippen molar-refractivity contribution in [2.45, 2.75) is 6.92 Å². The Bertz CT molecular complexity index is 623. The van der Waals surface area contributed by atoms with Crippen LogP contribution >= 0.6 is 0 Å². The molecule has 0 aliphatic carbocycles. The third kappa shape index (κ3) is 3.01. The summed E-state index contributed by atoms with van der Waals surface area (Å²) >= 11 is 0. The van der Waals surface area contributed by atoms with Crippen molar-refractivity contribution in [3.8, 4) is 5.75 Å². The molecule has 2 aromatic carbocycles. The molecular formula is C14H14N2O3. The summed E-state index contributed by atoms with van der Waals surface area (Å²) in [5, 5.41) is 15.5. The molecule has 0 radical (unpaired) electrons. The number of carbonyl (C=O) groups excluding carboxylic acids is 1. The summed E-state index contributed by atoms with van der Waals surface area (Å²) in [5.41, 5.74) is 2.73. The van der Waals surface area contributed by atoms with Crippen LogP contribution in [0.1, 0.15) is 12.5 Å². The molecule has 0 aliphatic heterocycles. The van der Waals surface area contributed by atoms with Crippen molar-refractivity contribution in [1.82, 2.24) is 5.43 Å². The van der Waals surface area contributed by atoms with Crippen molar-refractivity contribution in [3.63, 3.8) is 0 Å². The smallest absolute Gasteiger partial charge is 0.427 e. The van der Waals surface area contributed by atoms with Gasteiger partial charge in [-0.3, -0.25) is 0 Å². The second-order valence-electron chi connectivity index (χ2n) is 3.82. The minimum absolute atomic E-state index is 0.132. The molecule has 0 saturated carbocycles. The van der Waals surface area contributed by atoms with E-state index in [1.165, 1.54) is 6.21 Å².